The lowest BCUT2D eigenvalue weighted by Crippen LogP contribution is -2.15. The van der Waals surface area contributed by atoms with Gasteiger partial charge in [0.15, 0.2) is 11.5 Å². The molecule has 22 heavy (non-hydrogen) atoms. The van der Waals surface area contributed by atoms with Crippen LogP contribution >= 0.6 is 0 Å². The predicted octanol–water partition coefficient (Wildman–Crippen LogP) is 4.22. The summed E-state index contributed by atoms with van der Waals surface area (Å²) < 4.78 is 11.1. The van der Waals surface area contributed by atoms with Crippen molar-refractivity contribution in [3.05, 3.63) is 66.2 Å². The molecule has 0 amide bonds. The Balaban J connectivity index is 1.51. The fourth-order valence-electron chi connectivity index (χ4n) is 2.71. The first-order valence-electron chi connectivity index (χ1n) is 7.50. The first-order chi connectivity index (χ1) is 10.9. The molecular weight excluding hydrogens is 274 g/mol. The van der Waals surface area contributed by atoms with Gasteiger partial charge in [-0.3, -0.25) is 0 Å². The number of fused-ring (bicyclic) bond motifs is 2. The molecule has 0 aromatic heterocycles. The molecule has 0 fully saturated rings. The maximum atomic E-state index is 5.61. The lowest BCUT2D eigenvalue weighted by molar-refractivity contribution is 0.171. The molecule has 1 N–H and O–H groups in total. The third kappa shape index (κ3) is 2.58. The second kappa shape index (κ2) is 5.60. The first kappa shape index (κ1) is 13.0. The Morgan fingerprint density at radius 3 is 2.50 bits per heavy atom. The molecule has 0 bridgehead atoms. The van der Waals surface area contributed by atoms with Crippen LogP contribution in [-0.2, 0) is 6.54 Å². The highest BCUT2D eigenvalue weighted by Gasteiger charge is 2.11. The van der Waals surface area contributed by atoms with E-state index in [0.29, 0.717) is 13.2 Å². The highest BCUT2D eigenvalue weighted by Crippen LogP contribution is 2.32. The van der Waals surface area contributed by atoms with Crippen molar-refractivity contribution >= 4 is 16.5 Å². The molecule has 0 aliphatic carbocycles. The number of anilines is 1. The summed E-state index contributed by atoms with van der Waals surface area (Å²) in [7, 11) is 0. The number of rotatable bonds is 3. The maximum Gasteiger partial charge on any atom is 0.163 e. The van der Waals surface area contributed by atoms with Crippen LogP contribution in [-0.4, -0.2) is 13.2 Å². The molecule has 3 heteroatoms. The van der Waals surface area contributed by atoms with E-state index in [4.69, 9.17) is 9.47 Å². The van der Waals surface area contributed by atoms with Crippen molar-refractivity contribution in [2.24, 2.45) is 0 Å². The van der Waals surface area contributed by atoms with Gasteiger partial charge in [-0.25, -0.2) is 0 Å². The Kier molecular flexibility index (Phi) is 3.31. The van der Waals surface area contributed by atoms with Gasteiger partial charge in [0.25, 0.3) is 0 Å². The van der Waals surface area contributed by atoms with Gasteiger partial charge < -0.3 is 14.8 Å². The van der Waals surface area contributed by atoms with E-state index in [0.717, 1.165) is 23.7 Å². The van der Waals surface area contributed by atoms with E-state index >= 15 is 0 Å². The molecule has 0 saturated carbocycles. The topological polar surface area (TPSA) is 30.5 Å². The van der Waals surface area contributed by atoms with E-state index in [1.165, 1.54) is 16.3 Å². The summed E-state index contributed by atoms with van der Waals surface area (Å²) in [5.74, 6) is 1.64. The van der Waals surface area contributed by atoms with Crippen LogP contribution in [0.3, 0.4) is 0 Å². The van der Waals surface area contributed by atoms with Crippen molar-refractivity contribution in [3.63, 3.8) is 0 Å². The maximum absolute atomic E-state index is 5.61. The molecule has 3 nitrogen and oxygen atoms in total. The number of ether oxygens (including phenoxy) is 2. The normalized spacial score (nSPS) is 13.1. The van der Waals surface area contributed by atoms with Crippen LogP contribution in [0.15, 0.2) is 60.7 Å². The lowest BCUT2D eigenvalue weighted by atomic mass is 10.1. The number of nitrogens with one attached hydrogen (secondary N) is 1. The SMILES string of the molecule is c1ccc2cc(CNc3ccc4c(c3)OCCO4)ccc2c1. The lowest BCUT2D eigenvalue weighted by Gasteiger charge is -2.19. The summed E-state index contributed by atoms with van der Waals surface area (Å²) in [6.45, 7) is 2.02. The zero-order chi connectivity index (χ0) is 14.8. The molecule has 0 unspecified atom stereocenters. The minimum Gasteiger partial charge on any atom is -0.486 e. The van der Waals surface area contributed by atoms with Crippen LogP contribution in [0.4, 0.5) is 5.69 Å². The fraction of sp³-hybridized carbons (Fsp3) is 0.158. The van der Waals surface area contributed by atoms with Crippen molar-refractivity contribution in [1.82, 2.24) is 0 Å². The van der Waals surface area contributed by atoms with Crippen LogP contribution in [0.2, 0.25) is 0 Å². The molecule has 3 aromatic carbocycles. The van der Waals surface area contributed by atoms with E-state index < -0.39 is 0 Å². The molecule has 0 radical (unpaired) electrons. The summed E-state index contributed by atoms with van der Waals surface area (Å²) in [5, 5.41) is 5.98. The average Bonchev–Trinajstić information content (AvgIpc) is 2.59. The molecule has 110 valence electrons. The standard InChI is InChI=1S/C19H17NO2/c1-2-4-16-11-14(5-6-15(16)3-1)13-20-17-7-8-18-19(12-17)22-10-9-21-18/h1-8,11-12,20H,9-10,13H2. The Bertz CT molecular complexity index is 813. The third-order valence-electron chi connectivity index (χ3n) is 3.85. The van der Waals surface area contributed by atoms with Crippen LogP contribution in [0, 0.1) is 0 Å². The molecule has 1 aliphatic rings. The number of hydrogen-bond donors (Lipinski definition) is 1. The van der Waals surface area contributed by atoms with E-state index in [1.54, 1.807) is 0 Å². The Morgan fingerprint density at radius 2 is 1.59 bits per heavy atom. The van der Waals surface area contributed by atoms with E-state index in [2.05, 4.69) is 47.8 Å². The number of hydrogen-bond acceptors (Lipinski definition) is 3. The largest absolute Gasteiger partial charge is 0.486 e. The van der Waals surface area contributed by atoms with Gasteiger partial charge in [0.1, 0.15) is 13.2 Å². The summed E-state index contributed by atoms with van der Waals surface area (Å²) in [6, 6.07) is 20.9. The van der Waals surface area contributed by atoms with Crippen LogP contribution in [0.1, 0.15) is 5.56 Å². The highest BCUT2D eigenvalue weighted by molar-refractivity contribution is 5.83. The minimum atomic E-state index is 0.612. The molecule has 1 heterocycles. The monoisotopic (exact) mass is 291 g/mol. The van der Waals surface area contributed by atoms with Crippen molar-refractivity contribution in [2.75, 3.05) is 18.5 Å². The molecule has 4 rings (SSSR count). The Morgan fingerprint density at radius 1 is 0.773 bits per heavy atom. The molecule has 0 atom stereocenters. The van der Waals surface area contributed by atoms with E-state index in [-0.39, 0.29) is 0 Å². The first-order valence-corrected chi connectivity index (χ1v) is 7.50. The average molecular weight is 291 g/mol. The zero-order valence-electron chi connectivity index (χ0n) is 12.2. The van der Waals surface area contributed by atoms with Gasteiger partial charge in [0.2, 0.25) is 0 Å². The van der Waals surface area contributed by atoms with Gasteiger partial charge in [-0.2, -0.15) is 0 Å². The Labute approximate surface area is 129 Å². The smallest absolute Gasteiger partial charge is 0.163 e. The summed E-state index contributed by atoms with van der Waals surface area (Å²) in [4.78, 5) is 0. The molecule has 0 spiro atoms. The summed E-state index contributed by atoms with van der Waals surface area (Å²) in [5.41, 5.74) is 2.30. The minimum absolute atomic E-state index is 0.612. The number of benzene rings is 3. The van der Waals surface area contributed by atoms with Crippen LogP contribution in [0.25, 0.3) is 10.8 Å². The van der Waals surface area contributed by atoms with E-state index in [9.17, 15) is 0 Å². The predicted molar refractivity (Wildman–Crippen MR) is 88.7 cm³/mol. The van der Waals surface area contributed by atoms with Gasteiger partial charge >= 0.3 is 0 Å². The van der Waals surface area contributed by atoms with Crippen molar-refractivity contribution in [3.8, 4) is 11.5 Å². The van der Waals surface area contributed by atoms with Gasteiger partial charge in [-0.05, 0) is 34.5 Å². The molecule has 3 aromatic rings. The second-order valence-corrected chi connectivity index (χ2v) is 5.39. The Hall–Kier alpha value is -2.68. The molecule has 1 aliphatic heterocycles. The van der Waals surface area contributed by atoms with Crippen LogP contribution in [0.5, 0.6) is 11.5 Å². The third-order valence-corrected chi connectivity index (χ3v) is 3.85. The summed E-state index contributed by atoms with van der Waals surface area (Å²) in [6.07, 6.45) is 0. The van der Waals surface area contributed by atoms with Gasteiger partial charge in [0, 0.05) is 18.3 Å². The fourth-order valence-corrected chi connectivity index (χ4v) is 2.71. The van der Waals surface area contributed by atoms with Crippen molar-refractivity contribution < 1.29 is 9.47 Å². The van der Waals surface area contributed by atoms with Gasteiger partial charge in [-0.15, -0.1) is 0 Å². The van der Waals surface area contributed by atoms with E-state index in [1.807, 2.05) is 18.2 Å². The van der Waals surface area contributed by atoms with Crippen molar-refractivity contribution in [1.29, 1.82) is 0 Å². The summed E-state index contributed by atoms with van der Waals surface area (Å²) >= 11 is 0. The van der Waals surface area contributed by atoms with Crippen molar-refractivity contribution in [2.45, 2.75) is 6.54 Å². The second-order valence-electron chi connectivity index (χ2n) is 5.39. The molecule has 0 saturated heterocycles. The van der Waals surface area contributed by atoms with Crippen LogP contribution < -0.4 is 14.8 Å². The van der Waals surface area contributed by atoms with Gasteiger partial charge in [-0.1, -0.05) is 36.4 Å². The molecular formula is C19H17NO2. The quantitative estimate of drug-likeness (QED) is 0.783. The zero-order valence-corrected chi connectivity index (χ0v) is 12.2. The van der Waals surface area contributed by atoms with Gasteiger partial charge in [0.05, 0.1) is 0 Å². The highest BCUT2D eigenvalue weighted by atomic mass is 16.6.